The minimum Gasteiger partial charge on any atom is -0.496 e. The number of thiazole rings is 1. The van der Waals surface area contributed by atoms with Gasteiger partial charge in [-0.05, 0) is 24.1 Å². The average Bonchev–Trinajstić information content (AvgIpc) is 3.30. The fraction of sp³-hybridized carbons (Fsp3) is 0.292. The van der Waals surface area contributed by atoms with Crippen molar-refractivity contribution in [2.24, 2.45) is 0 Å². The molecule has 9 heteroatoms. The van der Waals surface area contributed by atoms with Crippen LogP contribution in [-0.4, -0.2) is 38.2 Å². The first-order valence-electron chi connectivity index (χ1n) is 10.2. The molecule has 0 radical (unpaired) electrons. The van der Waals surface area contributed by atoms with Crippen molar-refractivity contribution in [1.82, 2.24) is 4.98 Å². The molecule has 3 rings (SSSR count). The molecule has 0 aliphatic rings. The summed E-state index contributed by atoms with van der Waals surface area (Å²) in [5.74, 6) is 0.363. The first-order valence-corrected chi connectivity index (χ1v) is 11.1. The van der Waals surface area contributed by atoms with Crippen LogP contribution in [0.4, 0.5) is 10.8 Å². The number of rotatable bonds is 9. The van der Waals surface area contributed by atoms with Crippen molar-refractivity contribution in [3.8, 4) is 17.2 Å². The van der Waals surface area contributed by atoms with E-state index in [2.05, 4.69) is 11.9 Å². The van der Waals surface area contributed by atoms with Gasteiger partial charge in [0.2, 0.25) is 5.91 Å². The van der Waals surface area contributed by atoms with Crippen LogP contribution in [0, 0.1) is 0 Å². The van der Waals surface area contributed by atoms with Crippen LogP contribution in [0.2, 0.25) is 0 Å². The van der Waals surface area contributed by atoms with Gasteiger partial charge in [-0.15, -0.1) is 11.3 Å². The third-order valence-electron chi connectivity index (χ3n) is 4.93. The Hall–Kier alpha value is -3.59. The van der Waals surface area contributed by atoms with E-state index in [0.717, 1.165) is 12.1 Å². The standard InChI is InChI=1S/C24H26N2O6S/c1-6-16-7-9-18(10-8-16)26(15(2)27)24-25-17(14-33-24)13-32-23(28)19-11-21(30-4)22(31-5)12-20(19)29-3/h7-12,14H,6,13H2,1-5H3. The molecule has 8 nitrogen and oxygen atoms in total. The molecule has 0 bridgehead atoms. The van der Waals surface area contributed by atoms with E-state index in [9.17, 15) is 9.59 Å². The minimum absolute atomic E-state index is 0.0622. The number of esters is 1. The maximum Gasteiger partial charge on any atom is 0.342 e. The van der Waals surface area contributed by atoms with E-state index >= 15 is 0 Å². The maximum absolute atomic E-state index is 12.7. The van der Waals surface area contributed by atoms with Crippen LogP contribution in [0.3, 0.4) is 0 Å². The van der Waals surface area contributed by atoms with Gasteiger partial charge in [0, 0.05) is 24.4 Å². The van der Waals surface area contributed by atoms with Gasteiger partial charge in [-0.1, -0.05) is 19.1 Å². The number of anilines is 2. The Bertz CT molecular complexity index is 1130. The summed E-state index contributed by atoms with van der Waals surface area (Å²) in [6, 6.07) is 10.8. The lowest BCUT2D eigenvalue weighted by atomic mass is 10.1. The fourth-order valence-electron chi connectivity index (χ4n) is 3.18. The molecule has 0 aliphatic carbocycles. The van der Waals surface area contributed by atoms with Crippen molar-refractivity contribution < 1.29 is 28.5 Å². The van der Waals surface area contributed by atoms with Gasteiger partial charge in [0.1, 0.15) is 17.9 Å². The van der Waals surface area contributed by atoms with E-state index in [0.29, 0.717) is 28.1 Å². The molecule has 0 saturated carbocycles. The molecule has 174 valence electrons. The number of hydrogen-bond acceptors (Lipinski definition) is 8. The lowest BCUT2D eigenvalue weighted by Gasteiger charge is -2.18. The predicted molar refractivity (Wildman–Crippen MR) is 126 cm³/mol. The second-order valence-electron chi connectivity index (χ2n) is 6.98. The first kappa shape index (κ1) is 24.1. The number of aromatic nitrogens is 1. The number of hydrogen-bond donors (Lipinski definition) is 0. The number of carbonyl (C=O) groups excluding carboxylic acids is 2. The Morgan fingerprint density at radius 2 is 1.61 bits per heavy atom. The molecule has 0 aliphatic heterocycles. The summed E-state index contributed by atoms with van der Waals surface area (Å²) in [5.41, 5.74) is 2.64. The van der Waals surface area contributed by atoms with Crippen molar-refractivity contribution >= 4 is 34.0 Å². The van der Waals surface area contributed by atoms with Crippen molar-refractivity contribution in [2.45, 2.75) is 26.9 Å². The molecule has 0 spiro atoms. The van der Waals surface area contributed by atoms with Gasteiger partial charge in [0.05, 0.1) is 32.7 Å². The molecule has 1 aromatic heterocycles. The second-order valence-corrected chi connectivity index (χ2v) is 7.82. The fourth-order valence-corrected chi connectivity index (χ4v) is 4.05. The topological polar surface area (TPSA) is 87.2 Å². The number of aryl methyl sites for hydroxylation is 1. The molecule has 1 heterocycles. The van der Waals surface area contributed by atoms with Gasteiger partial charge >= 0.3 is 5.97 Å². The number of ether oxygens (including phenoxy) is 4. The maximum atomic E-state index is 12.7. The normalized spacial score (nSPS) is 10.5. The van der Waals surface area contributed by atoms with Gasteiger partial charge in [-0.25, -0.2) is 9.78 Å². The number of methoxy groups -OCH3 is 3. The lowest BCUT2D eigenvalue weighted by molar-refractivity contribution is -0.115. The summed E-state index contributed by atoms with van der Waals surface area (Å²) in [6.45, 7) is 3.50. The second kappa shape index (κ2) is 10.8. The van der Waals surface area contributed by atoms with Gasteiger partial charge in [0.15, 0.2) is 16.6 Å². The van der Waals surface area contributed by atoms with Crippen molar-refractivity contribution in [3.05, 3.63) is 58.6 Å². The molecule has 33 heavy (non-hydrogen) atoms. The van der Waals surface area contributed by atoms with Gasteiger partial charge in [-0.3, -0.25) is 9.69 Å². The molecular weight excluding hydrogens is 444 g/mol. The summed E-state index contributed by atoms with van der Waals surface area (Å²) < 4.78 is 21.2. The number of benzene rings is 2. The summed E-state index contributed by atoms with van der Waals surface area (Å²) in [5, 5.41) is 2.26. The largest absolute Gasteiger partial charge is 0.496 e. The van der Waals surface area contributed by atoms with E-state index in [-0.39, 0.29) is 18.1 Å². The number of amides is 1. The Kier molecular flexibility index (Phi) is 7.89. The Morgan fingerprint density at radius 1 is 0.970 bits per heavy atom. The summed E-state index contributed by atoms with van der Waals surface area (Å²) in [4.78, 5) is 31.0. The Balaban J connectivity index is 1.76. The minimum atomic E-state index is -0.596. The van der Waals surface area contributed by atoms with Crippen molar-refractivity contribution in [1.29, 1.82) is 0 Å². The molecule has 1 amide bonds. The van der Waals surface area contributed by atoms with E-state index in [1.54, 1.807) is 11.4 Å². The quantitative estimate of drug-likeness (QED) is 0.416. The first-order chi connectivity index (χ1) is 15.9. The van der Waals surface area contributed by atoms with E-state index in [4.69, 9.17) is 18.9 Å². The Labute approximate surface area is 196 Å². The van der Waals surface area contributed by atoms with Crippen LogP contribution in [-0.2, 0) is 22.6 Å². The van der Waals surface area contributed by atoms with Crippen LogP contribution in [0.5, 0.6) is 17.2 Å². The van der Waals surface area contributed by atoms with Crippen LogP contribution < -0.4 is 19.1 Å². The van der Waals surface area contributed by atoms with Crippen molar-refractivity contribution in [2.75, 3.05) is 26.2 Å². The highest BCUT2D eigenvalue weighted by atomic mass is 32.1. The zero-order valence-corrected chi connectivity index (χ0v) is 20.0. The third kappa shape index (κ3) is 5.43. The zero-order chi connectivity index (χ0) is 24.0. The molecule has 0 unspecified atom stereocenters. The van der Waals surface area contributed by atoms with E-state index < -0.39 is 5.97 Å². The van der Waals surface area contributed by atoms with Gasteiger partial charge < -0.3 is 18.9 Å². The monoisotopic (exact) mass is 470 g/mol. The highest BCUT2D eigenvalue weighted by molar-refractivity contribution is 7.14. The van der Waals surface area contributed by atoms with Gasteiger partial charge in [-0.2, -0.15) is 0 Å². The highest BCUT2D eigenvalue weighted by Crippen LogP contribution is 2.35. The third-order valence-corrected chi connectivity index (χ3v) is 5.80. The predicted octanol–water partition coefficient (Wildman–Crippen LogP) is 4.77. The number of carbonyl (C=O) groups is 2. The summed E-state index contributed by atoms with van der Waals surface area (Å²) >= 11 is 1.30. The molecule has 0 N–H and O–H groups in total. The zero-order valence-electron chi connectivity index (χ0n) is 19.2. The van der Waals surface area contributed by atoms with Crippen molar-refractivity contribution in [3.63, 3.8) is 0 Å². The highest BCUT2D eigenvalue weighted by Gasteiger charge is 2.21. The lowest BCUT2D eigenvalue weighted by Crippen LogP contribution is -2.22. The molecule has 0 fully saturated rings. The van der Waals surface area contributed by atoms with E-state index in [1.807, 2.05) is 24.3 Å². The summed E-state index contributed by atoms with van der Waals surface area (Å²) in [6.07, 6.45) is 0.915. The van der Waals surface area contributed by atoms with Crippen LogP contribution in [0.25, 0.3) is 0 Å². The Morgan fingerprint density at radius 3 is 2.18 bits per heavy atom. The van der Waals surface area contributed by atoms with Crippen LogP contribution in [0.1, 0.15) is 35.5 Å². The SMILES string of the molecule is CCc1ccc(N(C(C)=O)c2nc(COC(=O)c3cc(OC)c(OC)cc3OC)cs2)cc1. The molecule has 0 atom stereocenters. The number of nitrogens with zero attached hydrogens (tertiary/aromatic N) is 2. The molecule has 0 saturated heterocycles. The van der Waals surface area contributed by atoms with Gasteiger partial charge in [0.25, 0.3) is 0 Å². The van der Waals surface area contributed by atoms with Crippen LogP contribution in [0.15, 0.2) is 41.8 Å². The molecule has 3 aromatic rings. The average molecular weight is 471 g/mol. The van der Waals surface area contributed by atoms with Crippen LogP contribution >= 0.6 is 11.3 Å². The molecular formula is C24H26N2O6S. The smallest absolute Gasteiger partial charge is 0.342 e. The van der Waals surface area contributed by atoms with E-state index in [1.165, 1.54) is 56.1 Å². The molecule has 2 aromatic carbocycles. The summed E-state index contributed by atoms with van der Waals surface area (Å²) in [7, 11) is 4.43.